The van der Waals surface area contributed by atoms with Gasteiger partial charge in [-0.2, -0.15) is 5.26 Å². The van der Waals surface area contributed by atoms with E-state index in [2.05, 4.69) is 0 Å². The van der Waals surface area contributed by atoms with E-state index >= 15 is 0 Å². The number of nitro benzene ring substituents is 1. The van der Waals surface area contributed by atoms with Crippen molar-refractivity contribution in [1.82, 2.24) is 0 Å². The van der Waals surface area contributed by atoms with E-state index in [-0.39, 0.29) is 23.1 Å². The third-order valence-corrected chi connectivity index (χ3v) is 5.92. The van der Waals surface area contributed by atoms with Gasteiger partial charge >= 0.3 is 5.69 Å². The highest BCUT2D eigenvalue weighted by Crippen LogP contribution is 2.39. The van der Waals surface area contributed by atoms with Crippen molar-refractivity contribution in [1.29, 1.82) is 5.26 Å². The molecule has 3 rings (SSSR count). The lowest BCUT2D eigenvalue weighted by molar-refractivity contribution is -0.384. The molecular weight excluding hydrogens is 348 g/mol. The summed E-state index contributed by atoms with van der Waals surface area (Å²) >= 11 is 0. The number of hydrogen-bond acceptors (Lipinski definition) is 7. The Hall–Kier alpha value is -2.37. The number of nitriles is 1. The van der Waals surface area contributed by atoms with Crippen molar-refractivity contribution in [3.8, 4) is 6.07 Å². The van der Waals surface area contributed by atoms with Gasteiger partial charge in [-0.1, -0.05) is 13.8 Å². The molecule has 2 aliphatic heterocycles. The first-order valence-electron chi connectivity index (χ1n) is 9.40. The van der Waals surface area contributed by atoms with Crippen LogP contribution in [0, 0.1) is 33.3 Å². The average Bonchev–Trinajstić information content (AvgIpc) is 2.64. The minimum absolute atomic E-state index is 0.00808. The smallest absolute Gasteiger partial charge is 0.310 e. The molecule has 8 heteroatoms. The molecule has 2 fully saturated rings. The van der Waals surface area contributed by atoms with Crippen LogP contribution in [0.5, 0.6) is 0 Å². The van der Waals surface area contributed by atoms with Crippen LogP contribution in [-0.4, -0.2) is 53.5 Å². The number of piperidine rings is 2. The third kappa shape index (κ3) is 3.84. The van der Waals surface area contributed by atoms with Gasteiger partial charge in [0, 0.05) is 31.9 Å². The minimum Gasteiger partial charge on any atom is -0.391 e. The fourth-order valence-electron chi connectivity index (χ4n) is 3.86. The minimum atomic E-state index is -0.565. The van der Waals surface area contributed by atoms with Gasteiger partial charge in [-0.15, -0.1) is 0 Å². The SMILES string of the molecule is CC1CCN(c2cc(C#N)c([N+](=O)[O-])c(N3CCC(C)C(O)C3)c2)CC1O. The van der Waals surface area contributed by atoms with E-state index in [0.717, 1.165) is 19.4 Å². The van der Waals surface area contributed by atoms with Gasteiger partial charge in [0.05, 0.1) is 17.1 Å². The molecule has 1 aromatic rings. The summed E-state index contributed by atoms with van der Waals surface area (Å²) in [6.07, 6.45) is 0.505. The molecule has 2 aliphatic rings. The molecule has 4 unspecified atom stereocenters. The normalized spacial score (nSPS) is 28.7. The van der Waals surface area contributed by atoms with Gasteiger partial charge in [-0.3, -0.25) is 10.1 Å². The van der Waals surface area contributed by atoms with Crippen molar-refractivity contribution >= 4 is 17.1 Å². The summed E-state index contributed by atoms with van der Waals surface area (Å²) in [6.45, 7) is 6.01. The Morgan fingerprint density at radius 2 is 1.67 bits per heavy atom. The molecule has 0 radical (unpaired) electrons. The molecule has 0 saturated carbocycles. The van der Waals surface area contributed by atoms with Gasteiger partial charge in [0.15, 0.2) is 0 Å². The van der Waals surface area contributed by atoms with Gasteiger partial charge in [0.2, 0.25) is 0 Å². The van der Waals surface area contributed by atoms with Crippen LogP contribution in [0.2, 0.25) is 0 Å². The molecule has 27 heavy (non-hydrogen) atoms. The number of nitro groups is 1. The lowest BCUT2D eigenvalue weighted by Crippen LogP contribution is -2.44. The van der Waals surface area contributed by atoms with Crippen LogP contribution in [0.4, 0.5) is 17.1 Å². The van der Waals surface area contributed by atoms with E-state index in [9.17, 15) is 25.6 Å². The maximum Gasteiger partial charge on any atom is 0.310 e. The molecule has 146 valence electrons. The van der Waals surface area contributed by atoms with Gasteiger partial charge in [-0.25, -0.2) is 0 Å². The number of rotatable bonds is 3. The van der Waals surface area contributed by atoms with Crippen molar-refractivity contribution < 1.29 is 15.1 Å². The number of anilines is 2. The molecule has 1 aromatic carbocycles. The molecule has 8 nitrogen and oxygen atoms in total. The van der Waals surface area contributed by atoms with E-state index in [1.54, 1.807) is 11.0 Å². The highest BCUT2D eigenvalue weighted by atomic mass is 16.6. The Bertz CT molecular complexity index is 763. The largest absolute Gasteiger partial charge is 0.391 e. The maximum atomic E-state index is 11.7. The zero-order chi connectivity index (χ0) is 19.7. The second kappa shape index (κ2) is 7.71. The average molecular weight is 374 g/mol. The van der Waals surface area contributed by atoms with Gasteiger partial charge in [0.25, 0.3) is 0 Å². The predicted molar refractivity (Wildman–Crippen MR) is 102 cm³/mol. The van der Waals surface area contributed by atoms with Gasteiger partial charge in [-0.05, 0) is 36.8 Å². The Kier molecular flexibility index (Phi) is 5.53. The van der Waals surface area contributed by atoms with Crippen LogP contribution in [0.3, 0.4) is 0 Å². The maximum absolute atomic E-state index is 11.7. The molecule has 0 aliphatic carbocycles. The summed E-state index contributed by atoms with van der Waals surface area (Å²) in [4.78, 5) is 14.9. The van der Waals surface area contributed by atoms with E-state index in [4.69, 9.17) is 0 Å². The fraction of sp³-hybridized carbons (Fsp3) is 0.632. The summed E-state index contributed by atoms with van der Waals surface area (Å²) < 4.78 is 0. The Labute approximate surface area is 158 Å². The molecule has 2 saturated heterocycles. The van der Waals surface area contributed by atoms with Crippen molar-refractivity contribution in [2.24, 2.45) is 11.8 Å². The van der Waals surface area contributed by atoms with E-state index < -0.39 is 17.1 Å². The Balaban J connectivity index is 2.02. The molecule has 0 spiro atoms. The van der Waals surface area contributed by atoms with Crippen molar-refractivity contribution in [2.45, 2.75) is 38.9 Å². The number of nitrogens with zero attached hydrogens (tertiary/aromatic N) is 4. The lowest BCUT2D eigenvalue weighted by atomic mass is 9.94. The monoisotopic (exact) mass is 374 g/mol. The Morgan fingerprint density at radius 3 is 2.19 bits per heavy atom. The van der Waals surface area contributed by atoms with Gasteiger partial charge in [0.1, 0.15) is 17.3 Å². The second-order valence-corrected chi connectivity index (χ2v) is 7.79. The van der Waals surface area contributed by atoms with Crippen LogP contribution in [0.1, 0.15) is 32.3 Å². The first kappa shape index (κ1) is 19.4. The zero-order valence-electron chi connectivity index (χ0n) is 15.7. The third-order valence-electron chi connectivity index (χ3n) is 5.92. The first-order chi connectivity index (χ1) is 12.8. The lowest BCUT2D eigenvalue weighted by Gasteiger charge is -2.38. The molecular formula is C19H26N4O4. The highest BCUT2D eigenvalue weighted by Gasteiger charge is 2.32. The van der Waals surface area contributed by atoms with Crippen molar-refractivity contribution in [3.63, 3.8) is 0 Å². The van der Waals surface area contributed by atoms with Crippen molar-refractivity contribution in [2.75, 3.05) is 36.0 Å². The number of β-amino-alcohol motifs (C(OH)–C–C–N with tert-alkyl or cyclic N) is 2. The van der Waals surface area contributed by atoms with E-state index in [1.165, 1.54) is 6.07 Å². The molecule has 2 heterocycles. The van der Waals surface area contributed by atoms with Crippen LogP contribution in [0.25, 0.3) is 0 Å². The quantitative estimate of drug-likeness (QED) is 0.613. The molecule has 2 N–H and O–H groups in total. The van der Waals surface area contributed by atoms with Crippen LogP contribution in [0.15, 0.2) is 12.1 Å². The first-order valence-corrected chi connectivity index (χ1v) is 9.40. The van der Waals surface area contributed by atoms with Crippen LogP contribution in [-0.2, 0) is 0 Å². The molecule has 0 amide bonds. The number of aliphatic hydroxyl groups is 2. The number of aliphatic hydroxyl groups excluding tert-OH is 2. The second-order valence-electron chi connectivity index (χ2n) is 7.79. The van der Waals surface area contributed by atoms with Crippen molar-refractivity contribution in [3.05, 3.63) is 27.8 Å². The molecule has 0 aromatic heterocycles. The predicted octanol–water partition coefficient (Wildman–Crippen LogP) is 1.88. The standard InChI is InChI=1S/C19H26N4O4/c1-12-3-5-21(10-17(12)24)15-7-14(9-20)19(23(26)27)16(8-15)22-6-4-13(2)18(25)11-22/h7-8,12-13,17-18,24-25H,3-6,10-11H2,1-2H3. The van der Waals surface area contributed by atoms with Crippen LogP contribution < -0.4 is 9.80 Å². The Morgan fingerprint density at radius 1 is 1.11 bits per heavy atom. The molecule has 0 bridgehead atoms. The summed E-state index contributed by atoms with van der Waals surface area (Å²) in [5.74, 6) is 0.339. The summed E-state index contributed by atoms with van der Waals surface area (Å²) in [6, 6.07) is 5.22. The summed E-state index contributed by atoms with van der Waals surface area (Å²) in [5, 5.41) is 41.6. The zero-order valence-corrected chi connectivity index (χ0v) is 15.7. The fourth-order valence-corrected chi connectivity index (χ4v) is 3.86. The highest BCUT2D eigenvalue weighted by molar-refractivity contribution is 5.76. The topological polar surface area (TPSA) is 114 Å². The van der Waals surface area contributed by atoms with Crippen LogP contribution >= 0.6 is 0 Å². The summed E-state index contributed by atoms with van der Waals surface area (Å²) in [5.41, 5.74) is 0.863. The molecule has 4 atom stereocenters. The van der Waals surface area contributed by atoms with E-state index in [1.807, 2.05) is 24.8 Å². The number of benzene rings is 1. The van der Waals surface area contributed by atoms with Gasteiger partial charge < -0.3 is 20.0 Å². The summed E-state index contributed by atoms with van der Waals surface area (Å²) in [7, 11) is 0. The number of hydrogen-bond donors (Lipinski definition) is 2. The van der Waals surface area contributed by atoms with E-state index in [0.29, 0.717) is 31.0 Å².